The number of carbonyl (C=O) groups excluding carboxylic acids is 1. The zero-order valence-electron chi connectivity index (χ0n) is 14.4. The fourth-order valence-electron chi connectivity index (χ4n) is 2.46. The highest BCUT2D eigenvalue weighted by Crippen LogP contribution is 2.23. The van der Waals surface area contributed by atoms with Crippen molar-refractivity contribution < 1.29 is 19.1 Å². The van der Waals surface area contributed by atoms with Gasteiger partial charge in [-0.1, -0.05) is 12.1 Å². The quantitative estimate of drug-likeness (QED) is 0.852. The molecule has 0 aliphatic rings. The van der Waals surface area contributed by atoms with Crippen LogP contribution in [0.25, 0.3) is 0 Å². The summed E-state index contributed by atoms with van der Waals surface area (Å²) in [5.74, 6) is 2.22. The van der Waals surface area contributed by atoms with Crippen molar-refractivity contribution in [1.82, 2.24) is 10.2 Å². The van der Waals surface area contributed by atoms with Crippen LogP contribution in [0.15, 0.2) is 40.8 Å². The number of rotatable bonds is 6. The minimum Gasteiger partial charge on any atom is -0.497 e. The number of benzene rings is 1. The van der Waals surface area contributed by atoms with Crippen LogP contribution in [0, 0.1) is 6.92 Å². The van der Waals surface area contributed by atoms with Crippen LogP contribution in [-0.4, -0.2) is 36.8 Å². The predicted octanol–water partition coefficient (Wildman–Crippen LogP) is 3.03. The van der Waals surface area contributed by atoms with E-state index >= 15 is 0 Å². The highest BCUT2D eigenvalue weighted by molar-refractivity contribution is 5.75. The summed E-state index contributed by atoms with van der Waals surface area (Å²) in [5, 5.41) is 12.6. The number of aliphatic hydroxyl groups excluding tert-OH is 1. The fraction of sp³-hybridized carbons (Fsp3) is 0.389. The molecule has 0 unspecified atom stereocenters. The van der Waals surface area contributed by atoms with Gasteiger partial charge in [-0.05, 0) is 43.7 Å². The second kappa shape index (κ2) is 7.88. The minimum atomic E-state index is -0.443. The number of methoxy groups -OCH3 is 1. The van der Waals surface area contributed by atoms with Crippen molar-refractivity contribution in [2.75, 3.05) is 20.8 Å². The molecule has 2 aromatic rings. The standard InChI is InChI=1S/C18H24N2O4/c1-12-5-10-17(24-12)13(2)19-18(22)20(3)16(11-21)14-6-8-15(23-4)9-7-14/h5-10,13,16,21H,11H2,1-4H3,(H,19,22)/t13-,16-/m1/s1. The number of furan rings is 1. The molecule has 0 radical (unpaired) electrons. The van der Waals surface area contributed by atoms with Gasteiger partial charge in [0.2, 0.25) is 0 Å². The van der Waals surface area contributed by atoms with Gasteiger partial charge in [-0.3, -0.25) is 0 Å². The van der Waals surface area contributed by atoms with Crippen molar-refractivity contribution >= 4 is 6.03 Å². The summed E-state index contributed by atoms with van der Waals surface area (Å²) in [4.78, 5) is 13.9. The summed E-state index contributed by atoms with van der Waals surface area (Å²) in [6, 6.07) is 9.99. The topological polar surface area (TPSA) is 74.9 Å². The van der Waals surface area contributed by atoms with E-state index in [9.17, 15) is 9.90 Å². The summed E-state index contributed by atoms with van der Waals surface area (Å²) >= 11 is 0. The Balaban J connectivity index is 2.06. The third-order valence-electron chi connectivity index (χ3n) is 3.99. The van der Waals surface area contributed by atoms with Crippen molar-refractivity contribution in [2.45, 2.75) is 25.9 Å². The minimum absolute atomic E-state index is 0.176. The molecule has 0 aliphatic heterocycles. The van der Waals surface area contributed by atoms with Gasteiger partial charge in [0.15, 0.2) is 0 Å². The van der Waals surface area contributed by atoms with Gasteiger partial charge in [-0.25, -0.2) is 4.79 Å². The molecule has 0 spiro atoms. The molecular weight excluding hydrogens is 308 g/mol. The summed E-state index contributed by atoms with van der Waals surface area (Å²) in [6.45, 7) is 3.53. The van der Waals surface area contributed by atoms with Crippen molar-refractivity contribution in [3.63, 3.8) is 0 Å². The van der Waals surface area contributed by atoms with Crippen molar-refractivity contribution in [1.29, 1.82) is 0 Å². The van der Waals surface area contributed by atoms with Crippen LogP contribution in [0.4, 0.5) is 4.79 Å². The smallest absolute Gasteiger partial charge is 0.318 e. The molecule has 2 amide bonds. The predicted molar refractivity (Wildman–Crippen MR) is 91.0 cm³/mol. The van der Waals surface area contributed by atoms with E-state index in [0.29, 0.717) is 5.76 Å². The van der Waals surface area contributed by atoms with Crippen LogP contribution in [0.5, 0.6) is 5.75 Å². The highest BCUT2D eigenvalue weighted by Gasteiger charge is 2.23. The van der Waals surface area contributed by atoms with Gasteiger partial charge in [0.1, 0.15) is 17.3 Å². The fourth-order valence-corrected chi connectivity index (χ4v) is 2.46. The number of amides is 2. The second-order valence-corrected chi connectivity index (χ2v) is 5.70. The molecule has 0 aliphatic carbocycles. The molecule has 0 fully saturated rings. The van der Waals surface area contributed by atoms with E-state index in [4.69, 9.17) is 9.15 Å². The number of aryl methyl sites for hydroxylation is 1. The van der Waals surface area contributed by atoms with E-state index < -0.39 is 6.04 Å². The number of nitrogens with zero attached hydrogens (tertiary/aromatic N) is 1. The first-order chi connectivity index (χ1) is 11.5. The summed E-state index contributed by atoms with van der Waals surface area (Å²) in [5.41, 5.74) is 0.831. The number of aliphatic hydroxyl groups is 1. The Morgan fingerprint density at radius 1 is 1.29 bits per heavy atom. The molecule has 0 saturated carbocycles. The van der Waals surface area contributed by atoms with Crippen LogP contribution in [0.3, 0.4) is 0 Å². The van der Waals surface area contributed by atoms with Crippen molar-refractivity contribution in [3.05, 3.63) is 53.5 Å². The average molecular weight is 332 g/mol. The van der Waals surface area contributed by atoms with E-state index in [1.807, 2.05) is 38.1 Å². The van der Waals surface area contributed by atoms with Crippen LogP contribution in [0.1, 0.15) is 36.1 Å². The van der Waals surface area contributed by atoms with Gasteiger partial charge >= 0.3 is 6.03 Å². The lowest BCUT2D eigenvalue weighted by Gasteiger charge is -2.28. The third-order valence-corrected chi connectivity index (χ3v) is 3.99. The van der Waals surface area contributed by atoms with E-state index in [1.54, 1.807) is 26.3 Å². The Hall–Kier alpha value is -2.47. The molecular formula is C18H24N2O4. The number of urea groups is 1. The highest BCUT2D eigenvalue weighted by atomic mass is 16.5. The largest absolute Gasteiger partial charge is 0.497 e. The normalized spacial score (nSPS) is 13.2. The zero-order valence-corrected chi connectivity index (χ0v) is 14.4. The number of likely N-dealkylation sites (N-methyl/N-ethyl adjacent to an activating group) is 1. The molecule has 2 atom stereocenters. The number of hydrogen-bond donors (Lipinski definition) is 2. The zero-order chi connectivity index (χ0) is 17.7. The van der Waals surface area contributed by atoms with Crippen LogP contribution < -0.4 is 10.1 Å². The van der Waals surface area contributed by atoms with Crippen LogP contribution >= 0.6 is 0 Å². The van der Waals surface area contributed by atoms with Gasteiger partial charge in [0.05, 0.1) is 25.8 Å². The molecule has 24 heavy (non-hydrogen) atoms. The molecule has 2 N–H and O–H groups in total. The van der Waals surface area contributed by atoms with Crippen molar-refractivity contribution in [2.24, 2.45) is 0 Å². The molecule has 1 aromatic heterocycles. The molecule has 130 valence electrons. The van der Waals surface area contributed by atoms with E-state index in [-0.39, 0.29) is 18.7 Å². The molecule has 1 heterocycles. The average Bonchev–Trinajstić information content (AvgIpc) is 3.02. The van der Waals surface area contributed by atoms with Gasteiger partial charge in [0.25, 0.3) is 0 Å². The maximum atomic E-state index is 12.5. The van der Waals surface area contributed by atoms with Gasteiger partial charge in [-0.15, -0.1) is 0 Å². The van der Waals surface area contributed by atoms with E-state index in [0.717, 1.165) is 17.1 Å². The SMILES string of the molecule is COc1ccc([C@@H](CO)N(C)C(=O)N[C@H](C)c2ccc(C)o2)cc1. The third kappa shape index (κ3) is 4.08. The molecule has 6 heteroatoms. The Kier molecular flexibility index (Phi) is 5.87. The molecule has 2 rings (SSSR count). The Bertz CT molecular complexity index is 666. The lowest BCUT2D eigenvalue weighted by atomic mass is 10.1. The van der Waals surface area contributed by atoms with Crippen LogP contribution in [0.2, 0.25) is 0 Å². The van der Waals surface area contributed by atoms with Crippen molar-refractivity contribution in [3.8, 4) is 5.75 Å². The summed E-state index contributed by atoms with van der Waals surface area (Å²) in [7, 11) is 3.25. The van der Waals surface area contributed by atoms with E-state index in [1.165, 1.54) is 4.90 Å². The molecule has 1 aromatic carbocycles. The number of ether oxygens (including phenoxy) is 1. The first kappa shape index (κ1) is 17.9. The lowest BCUT2D eigenvalue weighted by molar-refractivity contribution is 0.147. The second-order valence-electron chi connectivity index (χ2n) is 5.70. The lowest BCUT2D eigenvalue weighted by Crippen LogP contribution is -2.41. The molecule has 0 saturated heterocycles. The molecule has 6 nitrogen and oxygen atoms in total. The Morgan fingerprint density at radius 2 is 1.96 bits per heavy atom. The van der Waals surface area contributed by atoms with Gasteiger partial charge in [-0.2, -0.15) is 0 Å². The maximum Gasteiger partial charge on any atom is 0.318 e. The van der Waals surface area contributed by atoms with Gasteiger partial charge < -0.3 is 24.5 Å². The summed E-state index contributed by atoms with van der Waals surface area (Å²) < 4.78 is 10.7. The molecule has 0 bridgehead atoms. The number of hydrogen-bond acceptors (Lipinski definition) is 4. The Morgan fingerprint density at radius 3 is 2.46 bits per heavy atom. The Labute approximate surface area is 142 Å². The van der Waals surface area contributed by atoms with Gasteiger partial charge in [0, 0.05) is 7.05 Å². The maximum absolute atomic E-state index is 12.5. The first-order valence-electron chi connectivity index (χ1n) is 7.80. The number of carbonyl (C=O) groups is 1. The first-order valence-corrected chi connectivity index (χ1v) is 7.80. The van der Waals surface area contributed by atoms with E-state index in [2.05, 4.69) is 5.32 Å². The monoisotopic (exact) mass is 332 g/mol. The van der Waals surface area contributed by atoms with Crippen LogP contribution in [-0.2, 0) is 0 Å². The summed E-state index contributed by atoms with van der Waals surface area (Å²) in [6.07, 6.45) is 0. The number of nitrogens with one attached hydrogen (secondary N) is 1.